The molecule has 1 unspecified atom stereocenters. The fourth-order valence-corrected chi connectivity index (χ4v) is 5.58. The molecule has 1 saturated carbocycles. The summed E-state index contributed by atoms with van der Waals surface area (Å²) >= 11 is 17.1. The number of hydrogen-bond donors (Lipinski definition) is 1. The van der Waals surface area contributed by atoms with Gasteiger partial charge in [-0.3, -0.25) is 9.59 Å². The Morgan fingerprint density at radius 3 is 2.55 bits per heavy atom. The molecule has 1 N–H and O–H groups in total. The largest absolute Gasteiger partial charge is 0.352 e. The zero-order chi connectivity index (χ0) is 23.8. The smallest absolute Gasteiger partial charge is 0.242 e. The second-order valence-electron chi connectivity index (χ2n) is 8.41. The molecule has 1 atom stereocenters. The molecule has 2 amide bonds. The highest BCUT2D eigenvalue weighted by molar-refractivity contribution is 9.10. The van der Waals surface area contributed by atoms with E-state index in [-0.39, 0.29) is 23.6 Å². The van der Waals surface area contributed by atoms with E-state index in [1.54, 1.807) is 11.0 Å². The molecule has 1 aliphatic rings. The van der Waals surface area contributed by atoms with Crippen LogP contribution in [0.2, 0.25) is 10.0 Å². The number of rotatable bonds is 9. The van der Waals surface area contributed by atoms with Crippen LogP contribution < -0.4 is 5.32 Å². The normalized spacial score (nSPS) is 15.2. The van der Waals surface area contributed by atoms with Crippen molar-refractivity contribution in [1.29, 1.82) is 0 Å². The van der Waals surface area contributed by atoms with Gasteiger partial charge in [-0.25, -0.2) is 0 Å². The zero-order valence-electron chi connectivity index (χ0n) is 18.7. The number of benzene rings is 2. The standard InChI is InChI=1S/C25H29BrCl2N2O2S/c1-17(25(32)29-21-8-3-2-4-9-21)30(14-18-6-5-7-20(26)12-18)24(31)16-33-15-19-10-11-22(27)23(28)13-19/h5-7,10-13,17,21H,2-4,8-9,14-16H2,1H3,(H,29,32). The fraction of sp³-hybridized carbons (Fsp3) is 0.440. The van der Waals surface area contributed by atoms with Crippen LogP contribution in [0.25, 0.3) is 0 Å². The summed E-state index contributed by atoms with van der Waals surface area (Å²) in [6.45, 7) is 2.20. The lowest BCUT2D eigenvalue weighted by atomic mass is 9.95. The van der Waals surface area contributed by atoms with E-state index in [9.17, 15) is 9.59 Å². The molecule has 0 radical (unpaired) electrons. The first kappa shape index (κ1) is 26.4. The van der Waals surface area contributed by atoms with Crippen molar-refractivity contribution in [2.45, 2.75) is 63.4 Å². The second-order valence-corrected chi connectivity index (χ2v) is 11.1. The lowest BCUT2D eigenvalue weighted by molar-refractivity contribution is -0.139. The van der Waals surface area contributed by atoms with Gasteiger partial charge in [0.1, 0.15) is 6.04 Å². The lowest BCUT2D eigenvalue weighted by Gasteiger charge is -2.31. The summed E-state index contributed by atoms with van der Waals surface area (Å²) in [4.78, 5) is 28.0. The van der Waals surface area contributed by atoms with Crippen LogP contribution in [0.3, 0.4) is 0 Å². The number of hydrogen-bond acceptors (Lipinski definition) is 3. The van der Waals surface area contributed by atoms with Crippen molar-refractivity contribution < 1.29 is 9.59 Å². The van der Waals surface area contributed by atoms with Crippen LogP contribution in [0.1, 0.15) is 50.2 Å². The molecule has 33 heavy (non-hydrogen) atoms. The number of nitrogens with zero attached hydrogens (tertiary/aromatic N) is 1. The summed E-state index contributed by atoms with van der Waals surface area (Å²) in [7, 11) is 0. The molecule has 2 aromatic carbocycles. The monoisotopic (exact) mass is 570 g/mol. The van der Waals surface area contributed by atoms with E-state index in [0.717, 1.165) is 41.3 Å². The Bertz CT molecular complexity index is 969. The highest BCUT2D eigenvalue weighted by Crippen LogP contribution is 2.25. The summed E-state index contributed by atoms with van der Waals surface area (Å²) in [5.74, 6) is 0.761. The maximum absolute atomic E-state index is 13.2. The summed E-state index contributed by atoms with van der Waals surface area (Å²) in [5, 5.41) is 4.19. The maximum Gasteiger partial charge on any atom is 0.242 e. The van der Waals surface area contributed by atoms with E-state index < -0.39 is 6.04 Å². The van der Waals surface area contributed by atoms with Gasteiger partial charge in [0.15, 0.2) is 0 Å². The molecule has 4 nitrogen and oxygen atoms in total. The average Bonchev–Trinajstić information content (AvgIpc) is 2.80. The molecule has 8 heteroatoms. The van der Waals surface area contributed by atoms with Gasteiger partial charge in [0, 0.05) is 22.8 Å². The van der Waals surface area contributed by atoms with E-state index in [0.29, 0.717) is 22.3 Å². The molecule has 1 aliphatic carbocycles. The first-order valence-corrected chi connectivity index (χ1v) is 13.9. The molecular formula is C25H29BrCl2N2O2S. The van der Waals surface area contributed by atoms with Gasteiger partial charge in [0.2, 0.25) is 11.8 Å². The van der Waals surface area contributed by atoms with Gasteiger partial charge in [-0.15, -0.1) is 11.8 Å². The van der Waals surface area contributed by atoms with Crippen LogP contribution in [0.4, 0.5) is 0 Å². The van der Waals surface area contributed by atoms with Crippen molar-refractivity contribution in [1.82, 2.24) is 10.2 Å². The van der Waals surface area contributed by atoms with Crippen molar-refractivity contribution in [3.63, 3.8) is 0 Å². The summed E-state index contributed by atoms with van der Waals surface area (Å²) in [6, 6.07) is 13.0. The highest BCUT2D eigenvalue weighted by atomic mass is 79.9. The van der Waals surface area contributed by atoms with Gasteiger partial charge >= 0.3 is 0 Å². The van der Waals surface area contributed by atoms with Crippen molar-refractivity contribution in [2.24, 2.45) is 0 Å². The third kappa shape index (κ3) is 8.20. The van der Waals surface area contributed by atoms with Crippen LogP contribution in [0.5, 0.6) is 0 Å². The minimum Gasteiger partial charge on any atom is -0.352 e. The molecule has 1 fully saturated rings. The number of thioether (sulfide) groups is 1. The molecule has 178 valence electrons. The van der Waals surface area contributed by atoms with Gasteiger partial charge in [0.05, 0.1) is 15.8 Å². The topological polar surface area (TPSA) is 49.4 Å². The van der Waals surface area contributed by atoms with Gasteiger partial charge in [-0.2, -0.15) is 0 Å². The molecule has 0 heterocycles. The SMILES string of the molecule is CC(C(=O)NC1CCCCC1)N(Cc1cccc(Br)c1)C(=O)CSCc1ccc(Cl)c(Cl)c1. The molecule has 2 aromatic rings. The molecule has 0 aromatic heterocycles. The quantitative estimate of drug-likeness (QED) is 0.358. The van der Waals surface area contributed by atoms with Crippen molar-refractivity contribution in [3.05, 3.63) is 68.1 Å². The van der Waals surface area contributed by atoms with E-state index in [1.165, 1.54) is 18.2 Å². The van der Waals surface area contributed by atoms with Crippen LogP contribution in [-0.4, -0.2) is 34.6 Å². The first-order valence-electron chi connectivity index (χ1n) is 11.2. The van der Waals surface area contributed by atoms with Crippen LogP contribution in [0.15, 0.2) is 46.9 Å². The highest BCUT2D eigenvalue weighted by Gasteiger charge is 2.28. The Hall–Kier alpha value is -1.21. The summed E-state index contributed by atoms with van der Waals surface area (Å²) in [6.07, 6.45) is 5.54. The third-order valence-electron chi connectivity index (χ3n) is 5.84. The van der Waals surface area contributed by atoms with Crippen LogP contribution >= 0.6 is 50.9 Å². The Kier molecular flexibility index (Phi) is 10.4. The van der Waals surface area contributed by atoms with E-state index in [2.05, 4.69) is 21.2 Å². The minimum absolute atomic E-state index is 0.0636. The third-order valence-corrected chi connectivity index (χ3v) is 8.06. The fourth-order valence-electron chi connectivity index (χ4n) is 3.95. The second kappa shape index (κ2) is 13.0. The van der Waals surface area contributed by atoms with Gasteiger partial charge in [-0.1, -0.05) is 76.6 Å². The molecule has 0 bridgehead atoms. The first-order chi connectivity index (χ1) is 15.8. The van der Waals surface area contributed by atoms with E-state index >= 15 is 0 Å². The van der Waals surface area contributed by atoms with Gasteiger partial charge in [-0.05, 0) is 55.2 Å². The molecule has 0 aliphatic heterocycles. The number of carbonyl (C=O) groups excluding carboxylic acids is 2. The van der Waals surface area contributed by atoms with E-state index in [1.807, 2.05) is 43.3 Å². The van der Waals surface area contributed by atoms with Crippen molar-refractivity contribution >= 4 is 62.7 Å². The number of amides is 2. The maximum atomic E-state index is 13.2. The van der Waals surface area contributed by atoms with Crippen LogP contribution in [0, 0.1) is 0 Å². The molecular weight excluding hydrogens is 543 g/mol. The average molecular weight is 572 g/mol. The van der Waals surface area contributed by atoms with Crippen molar-refractivity contribution in [3.8, 4) is 0 Å². The summed E-state index contributed by atoms with van der Waals surface area (Å²) < 4.78 is 0.945. The van der Waals surface area contributed by atoms with Gasteiger partial charge < -0.3 is 10.2 Å². The number of nitrogens with one attached hydrogen (secondary N) is 1. The Balaban J connectivity index is 1.65. The molecule has 3 rings (SSSR count). The van der Waals surface area contributed by atoms with Crippen LogP contribution in [-0.2, 0) is 21.9 Å². The predicted octanol–water partition coefficient (Wildman–Crippen LogP) is 6.86. The zero-order valence-corrected chi connectivity index (χ0v) is 22.6. The van der Waals surface area contributed by atoms with E-state index in [4.69, 9.17) is 23.2 Å². The van der Waals surface area contributed by atoms with Crippen molar-refractivity contribution in [2.75, 3.05) is 5.75 Å². The van der Waals surface area contributed by atoms with Gasteiger partial charge in [0.25, 0.3) is 0 Å². The lowest BCUT2D eigenvalue weighted by Crippen LogP contribution is -2.50. The Morgan fingerprint density at radius 2 is 1.85 bits per heavy atom. The molecule has 0 saturated heterocycles. The number of halogens is 3. The Morgan fingerprint density at radius 1 is 1.09 bits per heavy atom. The number of carbonyl (C=O) groups is 2. The Labute approximate surface area is 218 Å². The minimum atomic E-state index is -0.552. The summed E-state index contributed by atoms with van der Waals surface area (Å²) in [5.41, 5.74) is 1.98. The predicted molar refractivity (Wildman–Crippen MR) is 142 cm³/mol. The molecule has 0 spiro atoms.